The van der Waals surface area contributed by atoms with Crippen LogP contribution in [0.15, 0.2) is 18.3 Å². The van der Waals surface area contributed by atoms with Crippen LogP contribution in [0.5, 0.6) is 5.75 Å². The molecule has 0 fully saturated rings. The van der Waals surface area contributed by atoms with Gasteiger partial charge in [-0.15, -0.1) is 0 Å². The summed E-state index contributed by atoms with van der Waals surface area (Å²) in [6.45, 7) is 5.42. The standard InChI is InChI=1S/C12H18N2O2/c1-4-13-8-9(2)12(15)11-10(16-3)6-5-7-14-11/h5-7,9,13H,4,8H2,1-3H3. The highest BCUT2D eigenvalue weighted by molar-refractivity contribution is 5.98. The Bertz CT molecular complexity index is 353. The summed E-state index contributed by atoms with van der Waals surface area (Å²) in [4.78, 5) is 16.1. The van der Waals surface area contributed by atoms with Crippen LogP contribution in [0.3, 0.4) is 0 Å². The summed E-state index contributed by atoms with van der Waals surface area (Å²) in [5.41, 5.74) is 0.412. The molecule has 1 aromatic heterocycles. The second kappa shape index (κ2) is 6.23. The largest absolute Gasteiger partial charge is 0.494 e. The minimum atomic E-state index is -0.0938. The topological polar surface area (TPSA) is 51.2 Å². The van der Waals surface area contributed by atoms with Crippen LogP contribution in [0.25, 0.3) is 0 Å². The summed E-state index contributed by atoms with van der Waals surface area (Å²) in [5, 5.41) is 3.15. The first-order valence-electron chi connectivity index (χ1n) is 5.44. The van der Waals surface area contributed by atoms with Gasteiger partial charge in [-0.3, -0.25) is 4.79 Å². The number of pyridine rings is 1. The van der Waals surface area contributed by atoms with Gasteiger partial charge >= 0.3 is 0 Å². The summed E-state index contributed by atoms with van der Waals surface area (Å²) >= 11 is 0. The second-order valence-electron chi connectivity index (χ2n) is 3.63. The lowest BCUT2D eigenvalue weighted by Gasteiger charge is -2.12. The zero-order valence-corrected chi connectivity index (χ0v) is 9.99. The number of hydrogen-bond donors (Lipinski definition) is 1. The van der Waals surface area contributed by atoms with Crippen molar-refractivity contribution in [1.29, 1.82) is 0 Å². The second-order valence-corrected chi connectivity index (χ2v) is 3.63. The molecule has 88 valence electrons. The lowest BCUT2D eigenvalue weighted by Crippen LogP contribution is -2.27. The molecule has 4 heteroatoms. The fraction of sp³-hybridized carbons (Fsp3) is 0.500. The van der Waals surface area contributed by atoms with E-state index in [2.05, 4.69) is 10.3 Å². The van der Waals surface area contributed by atoms with E-state index in [1.165, 1.54) is 0 Å². The molecule has 1 aromatic rings. The molecule has 1 N–H and O–H groups in total. The number of hydrogen-bond acceptors (Lipinski definition) is 4. The summed E-state index contributed by atoms with van der Waals surface area (Å²) in [7, 11) is 1.54. The van der Waals surface area contributed by atoms with E-state index in [1.54, 1.807) is 25.4 Å². The average molecular weight is 222 g/mol. The first kappa shape index (κ1) is 12.6. The van der Waals surface area contributed by atoms with Crippen molar-refractivity contribution in [2.75, 3.05) is 20.2 Å². The Morgan fingerprint density at radius 2 is 2.38 bits per heavy atom. The monoisotopic (exact) mass is 222 g/mol. The van der Waals surface area contributed by atoms with Crippen LogP contribution >= 0.6 is 0 Å². The third-order valence-corrected chi connectivity index (χ3v) is 2.37. The van der Waals surface area contributed by atoms with E-state index in [0.717, 1.165) is 6.54 Å². The molecular formula is C12H18N2O2. The molecule has 0 aliphatic carbocycles. The van der Waals surface area contributed by atoms with Crippen LogP contribution in [0.1, 0.15) is 24.3 Å². The lowest BCUT2D eigenvalue weighted by molar-refractivity contribution is 0.0921. The van der Waals surface area contributed by atoms with Crippen LogP contribution < -0.4 is 10.1 Å². The Morgan fingerprint density at radius 3 is 3.00 bits per heavy atom. The minimum Gasteiger partial charge on any atom is -0.494 e. The van der Waals surface area contributed by atoms with Gasteiger partial charge in [-0.25, -0.2) is 4.98 Å². The maximum absolute atomic E-state index is 12.0. The number of Topliss-reactive ketones (excluding diaryl/α,β-unsaturated/α-hetero) is 1. The van der Waals surface area contributed by atoms with E-state index >= 15 is 0 Å². The van der Waals surface area contributed by atoms with E-state index in [1.807, 2.05) is 13.8 Å². The van der Waals surface area contributed by atoms with Gasteiger partial charge in [-0.2, -0.15) is 0 Å². The Kier molecular flexibility index (Phi) is 4.92. The molecule has 0 aliphatic heterocycles. The number of aromatic nitrogens is 1. The van der Waals surface area contributed by atoms with Crippen molar-refractivity contribution in [3.63, 3.8) is 0 Å². The molecule has 0 amide bonds. The third-order valence-electron chi connectivity index (χ3n) is 2.37. The third kappa shape index (κ3) is 3.03. The Hall–Kier alpha value is -1.42. The van der Waals surface area contributed by atoms with Crippen molar-refractivity contribution in [3.8, 4) is 5.75 Å². The van der Waals surface area contributed by atoms with Gasteiger partial charge < -0.3 is 10.1 Å². The predicted octanol–water partition coefficient (Wildman–Crippen LogP) is 1.52. The number of nitrogens with zero attached hydrogens (tertiary/aromatic N) is 1. The Morgan fingerprint density at radius 1 is 1.62 bits per heavy atom. The first-order valence-corrected chi connectivity index (χ1v) is 5.44. The maximum atomic E-state index is 12.0. The molecule has 1 rings (SSSR count). The van der Waals surface area contributed by atoms with Gasteiger partial charge in [-0.1, -0.05) is 13.8 Å². The molecule has 1 atom stereocenters. The summed E-state index contributed by atoms with van der Waals surface area (Å²) < 4.78 is 5.12. The summed E-state index contributed by atoms with van der Waals surface area (Å²) in [5.74, 6) is 0.456. The van der Waals surface area contributed by atoms with E-state index in [4.69, 9.17) is 4.74 Å². The van der Waals surface area contributed by atoms with E-state index in [9.17, 15) is 4.79 Å². The fourth-order valence-electron chi connectivity index (χ4n) is 1.43. The van der Waals surface area contributed by atoms with Gasteiger partial charge in [-0.05, 0) is 18.7 Å². The smallest absolute Gasteiger partial charge is 0.189 e. The molecule has 0 saturated heterocycles. The lowest BCUT2D eigenvalue weighted by atomic mass is 10.0. The van der Waals surface area contributed by atoms with Crippen LogP contribution in [0, 0.1) is 5.92 Å². The van der Waals surface area contributed by atoms with Gasteiger partial charge in [0.1, 0.15) is 11.4 Å². The minimum absolute atomic E-state index is 0.0124. The SMILES string of the molecule is CCNCC(C)C(=O)c1ncccc1OC. The number of carbonyl (C=O) groups is 1. The molecule has 4 nitrogen and oxygen atoms in total. The fourth-order valence-corrected chi connectivity index (χ4v) is 1.43. The molecule has 1 unspecified atom stereocenters. The van der Waals surface area contributed by atoms with Crippen LogP contribution in [-0.4, -0.2) is 31.0 Å². The zero-order chi connectivity index (χ0) is 12.0. The number of nitrogens with one attached hydrogen (secondary N) is 1. The molecule has 0 aliphatic rings. The van der Waals surface area contributed by atoms with Gasteiger partial charge in [0.05, 0.1) is 7.11 Å². The Labute approximate surface area is 96.0 Å². The normalized spacial score (nSPS) is 12.2. The summed E-state index contributed by atoms with van der Waals surface area (Å²) in [6.07, 6.45) is 1.61. The number of ether oxygens (including phenoxy) is 1. The number of carbonyl (C=O) groups excluding carboxylic acids is 1. The van der Waals surface area contributed by atoms with Crippen LogP contribution in [-0.2, 0) is 0 Å². The Balaban J connectivity index is 2.79. The molecule has 1 heterocycles. The predicted molar refractivity (Wildman–Crippen MR) is 62.8 cm³/mol. The first-order chi connectivity index (χ1) is 7.70. The number of rotatable bonds is 6. The van der Waals surface area contributed by atoms with Gasteiger partial charge in [0.15, 0.2) is 5.78 Å². The maximum Gasteiger partial charge on any atom is 0.189 e. The van der Waals surface area contributed by atoms with Crippen LogP contribution in [0.2, 0.25) is 0 Å². The molecule has 0 bridgehead atoms. The van der Waals surface area contributed by atoms with E-state index in [-0.39, 0.29) is 11.7 Å². The quantitative estimate of drug-likeness (QED) is 0.741. The zero-order valence-electron chi connectivity index (χ0n) is 9.99. The summed E-state index contributed by atoms with van der Waals surface area (Å²) in [6, 6.07) is 3.50. The van der Waals surface area contributed by atoms with Gasteiger partial charge in [0.2, 0.25) is 0 Å². The molecule has 0 aromatic carbocycles. The van der Waals surface area contributed by atoms with Crippen molar-refractivity contribution in [3.05, 3.63) is 24.0 Å². The average Bonchev–Trinajstić information content (AvgIpc) is 2.34. The molecule has 16 heavy (non-hydrogen) atoms. The van der Waals surface area contributed by atoms with Crippen molar-refractivity contribution >= 4 is 5.78 Å². The van der Waals surface area contributed by atoms with E-state index in [0.29, 0.717) is 18.0 Å². The highest BCUT2D eigenvalue weighted by atomic mass is 16.5. The number of ketones is 1. The molecule has 0 spiro atoms. The van der Waals surface area contributed by atoms with Crippen molar-refractivity contribution in [2.45, 2.75) is 13.8 Å². The van der Waals surface area contributed by atoms with E-state index < -0.39 is 0 Å². The van der Waals surface area contributed by atoms with Crippen LogP contribution in [0.4, 0.5) is 0 Å². The highest BCUT2D eigenvalue weighted by Gasteiger charge is 2.19. The van der Waals surface area contributed by atoms with Crippen molar-refractivity contribution < 1.29 is 9.53 Å². The van der Waals surface area contributed by atoms with Gasteiger partial charge in [0.25, 0.3) is 0 Å². The van der Waals surface area contributed by atoms with Crippen molar-refractivity contribution in [2.24, 2.45) is 5.92 Å². The number of methoxy groups -OCH3 is 1. The highest BCUT2D eigenvalue weighted by Crippen LogP contribution is 2.18. The molecule has 0 radical (unpaired) electrons. The molecular weight excluding hydrogens is 204 g/mol. The van der Waals surface area contributed by atoms with Crippen molar-refractivity contribution in [1.82, 2.24) is 10.3 Å². The molecule has 0 saturated carbocycles. The van der Waals surface area contributed by atoms with Gasteiger partial charge in [0, 0.05) is 18.7 Å².